The van der Waals surface area contributed by atoms with Crippen LogP contribution in [0.15, 0.2) is 28.7 Å². The first-order valence-corrected chi connectivity index (χ1v) is 11.9. The number of nitrogens with zero attached hydrogens (tertiary/aromatic N) is 3. The molecular formula is C22H28N4OS2. The smallest absolute Gasteiger partial charge is 0.234 e. The molecule has 2 aromatic heterocycles. The average molecular weight is 429 g/mol. The van der Waals surface area contributed by atoms with Gasteiger partial charge in [-0.3, -0.25) is 4.79 Å². The zero-order valence-electron chi connectivity index (χ0n) is 17.7. The van der Waals surface area contributed by atoms with Gasteiger partial charge in [-0.2, -0.15) is 0 Å². The number of hydrogen-bond acceptors (Lipinski definition) is 5. The van der Waals surface area contributed by atoms with Gasteiger partial charge in [-0.25, -0.2) is 0 Å². The number of rotatable bonds is 8. The van der Waals surface area contributed by atoms with Crippen LogP contribution in [0, 0.1) is 6.92 Å². The predicted octanol–water partition coefficient (Wildman–Crippen LogP) is 5.27. The molecule has 5 nitrogen and oxygen atoms in total. The van der Waals surface area contributed by atoms with Crippen molar-refractivity contribution in [3.05, 3.63) is 45.1 Å². The van der Waals surface area contributed by atoms with E-state index in [0.717, 1.165) is 41.5 Å². The Balaban J connectivity index is 1.72. The number of thiophene rings is 1. The van der Waals surface area contributed by atoms with Crippen molar-refractivity contribution < 1.29 is 4.79 Å². The molecule has 0 saturated carbocycles. The number of hydrogen-bond donors (Lipinski definition) is 1. The lowest BCUT2D eigenvalue weighted by Gasteiger charge is -2.14. The minimum absolute atomic E-state index is 0.0178. The highest BCUT2D eigenvalue weighted by molar-refractivity contribution is 7.99. The summed E-state index contributed by atoms with van der Waals surface area (Å²) in [5.41, 5.74) is 5.77. The maximum absolute atomic E-state index is 12.6. The Morgan fingerprint density at radius 3 is 2.45 bits per heavy atom. The first-order chi connectivity index (χ1) is 14.0. The van der Waals surface area contributed by atoms with Crippen LogP contribution in [0.2, 0.25) is 0 Å². The lowest BCUT2D eigenvalue weighted by Crippen LogP contribution is -2.17. The first kappa shape index (κ1) is 21.6. The van der Waals surface area contributed by atoms with E-state index in [9.17, 15) is 4.79 Å². The number of carbonyl (C=O) groups excluding carboxylic acids is 1. The standard InChI is InChI=1S/C22H28N4OS2/c1-6-15-10-9-11-16(7-2)20(15)23-19(27)13-29-22-25-24-21(26(22)5)18-12-28-14(4)17(18)8-3/h9-12H,6-8,13H2,1-5H3,(H,23,27). The predicted molar refractivity (Wildman–Crippen MR) is 123 cm³/mol. The average Bonchev–Trinajstić information content (AvgIpc) is 3.28. The van der Waals surface area contributed by atoms with Gasteiger partial charge in [0, 0.05) is 28.6 Å². The number of aromatic nitrogens is 3. The molecule has 0 unspecified atom stereocenters. The highest BCUT2D eigenvalue weighted by Gasteiger charge is 2.18. The molecule has 0 aliphatic heterocycles. The van der Waals surface area contributed by atoms with E-state index in [1.54, 1.807) is 11.3 Å². The van der Waals surface area contributed by atoms with Crippen molar-refractivity contribution in [2.24, 2.45) is 7.05 Å². The molecular weight excluding hydrogens is 400 g/mol. The fraction of sp³-hybridized carbons (Fsp3) is 0.409. The summed E-state index contributed by atoms with van der Waals surface area (Å²) in [6.45, 7) is 8.52. The molecule has 3 rings (SSSR count). The molecule has 0 aliphatic rings. The van der Waals surface area contributed by atoms with E-state index >= 15 is 0 Å². The van der Waals surface area contributed by atoms with Crippen molar-refractivity contribution in [1.29, 1.82) is 0 Å². The second-order valence-corrected chi connectivity index (χ2v) is 8.92. The summed E-state index contributed by atoms with van der Waals surface area (Å²) >= 11 is 3.16. The molecule has 3 aromatic rings. The molecule has 2 heterocycles. The van der Waals surface area contributed by atoms with Crippen molar-refractivity contribution >= 4 is 34.7 Å². The summed E-state index contributed by atoms with van der Waals surface area (Å²) in [6, 6.07) is 6.20. The van der Waals surface area contributed by atoms with Gasteiger partial charge in [0.25, 0.3) is 0 Å². The van der Waals surface area contributed by atoms with Gasteiger partial charge in [0.05, 0.1) is 5.75 Å². The maximum atomic E-state index is 12.6. The number of carbonyl (C=O) groups is 1. The molecule has 0 spiro atoms. The van der Waals surface area contributed by atoms with E-state index in [1.165, 1.54) is 33.3 Å². The van der Waals surface area contributed by atoms with E-state index in [4.69, 9.17) is 0 Å². The molecule has 0 aliphatic carbocycles. The SMILES string of the molecule is CCc1cccc(CC)c1NC(=O)CSc1nnc(-c2csc(C)c2CC)n1C. The highest BCUT2D eigenvalue weighted by Crippen LogP contribution is 2.32. The fourth-order valence-corrected chi connectivity index (χ4v) is 5.14. The molecule has 1 amide bonds. The summed E-state index contributed by atoms with van der Waals surface area (Å²) in [5.74, 6) is 1.14. The van der Waals surface area contributed by atoms with E-state index in [1.807, 2.05) is 11.6 Å². The normalized spacial score (nSPS) is 11.1. The number of amides is 1. The second-order valence-electron chi connectivity index (χ2n) is 6.90. The number of para-hydroxylation sites is 1. The van der Waals surface area contributed by atoms with Crippen LogP contribution < -0.4 is 5.32 Å². The fourth-order valence-electron chi connectivity index (χ4n) is 3.49. The van der Waals surface area contributed by atoms with Crippen LogP contribution in [-0.4, -0.2) is 26.4 Å². The minimum Gasteiger partial charge on any atom is -0.325 e. The van der Waals surface area contributed by atoms with E-state index < -0.39 is 0 Å². The maximum Gasteiger partial charge on any atom is 0.234 e. The van der Waals surface area contributed by atoms with E-state index in [0.29, 0.717) is 5.75 Å². The van der Waals surface area contributed by atoms with Gasteiger partial charge in [-0.15, -0.1) is 21.5 Å². The Morgan fingerprint density at radius 1 is 1.14 bits per heavy atom. The van der Waals surface area contributed by atoms with Crippen LogP contribution in [0.1, 0.15) is 42.3 Å². The van der Waals surface area contributed by atoms with Gasteiger partial charge in [0.15, 0.2) is 11.0 Å². The molecule has 0 saturated heterocycles. The van der Waals surface area contributed by atoms with Gasteiger partial charge in [-0.1, -0.05) is 50.7 Å². The largest absolute Gasteiger partial charge is 0.325 e. The van der Waals surface area contributed by atoms with Crippen LogP contribution in [0.25, 0.3) is 11.4 Å². The van der Waals surface area contributed by atoms with Gasteiger partial charge in [-0.05, 0) is 42.9 Å². The highest BCUT2D eigenvalue weighted by atomic mass is 32.2. The summed E-state index contributed by atoms with van der Waals surface area (Å²) in [4.78, 5) is 13.9. The number of aryl methyl sites for hydroxylation is 3. The lowest BCUT2D eigenvalue weighted by molar-refractivity contribution is -0.113. The quantitative estimate of drug-likeness (QED) is 0.497. The molecule has 1 N–H and O–H groups in total. The Labute approximate surface area is 180 Å². The Morgan fingerprint density at radius 2 is 1.83 bits per heavy atom. The van der Waals surface area contributed by atoms with Crippen molar-refractivity contribution in [1.82, 2.24) is 14.8 Å². The first-order valence-electron chi connectivity index (χ1n) is 10.00. The molecule has 0 fully saturated rings. The zero-order valence-corrected chi connectivity index (χ0v) is 19.3. The molecule has 7 heteroatoms. The number of benzene rings is 1. The van der Waals surface area contributed by atoms with Crippen molar-refractivity contribution in [2.75, 3.05) is 11.1 Å². The van der Waals surface area contributed by atoms with Crippen LogP contribution >= 0.6 is 23.1 Å². The number of nitrogens with one attached hydrogen (secondary N) is 1. The molecule has 29 heavy (non-hydrogen) atoms. The van der Waals surface area contributed by atoms with Crippen molar-refractivity contribution in [3.63, 3.8) is 0 Å². The third-order valence-corrected chi connectivity index (χ3v) is 7.10. The third-order valence-electron chi connectivity index (χ3n) is 5.13. The van der Waals surface area contributed by atoms with Crippen LogP contribution in [-0.2, 0) is 31.1 Å². The molecule has 154 valence electrons. The number of anilines is 1. The van der Waals surface area contributed by atoms with E-state index in [2.05, 4.69) is 66.8 Å². The van der Waals surface area contributed by atoms with Gasteiger partial charge < -0.3 is 9.88 Å². The van der Waals surface area contributed by atoms with Gasteiger partial charge in [0.1, 0.15) is 0 Å². The summed E-state index contributed by atoms with van der Waals surface area (Å²) in [7, 11) is 1.96. The topological polar surface area (TPSA) is 59.8 Å². The Hall–Kier alpha value is -2.12. The Kier molecular flexibility index (Phi) is 7.14. The second kappa shape index (κ2) is 9.59. The molecule has 0 bridgehead atoms. The Bertz CT molecular complexity index is 984. The van der Waals surface area contributed by atoms with Crippen LogP contribution in [0.3, 0.4) is 0 Å². The summed E-state index contributed by atoms with van der Waals surface area (Å²) in [6.07, 6.45) is 2.76. The van der Waals surface area contributed by atoms with E-state index in [-0.39, 0.29) is 5.91 Å². The summed E-state index contributed by atoms with van der Waals surface area (Å²) in [5, 5.41) is 14.7. The number of thioether (sulfide) groups is 1. The molecule has 0 radical (unpaired) electrons. The van der Waals surface area contributed by atoms with Crippen molar-refractivity contribution in [2.45, 2.75) is 52.1 Å². The molecule has 1 aromatic carbocycles. The monoisotopic (exact) mass is 428 g/mol. The molecule has 0 atom stereocenters. The lowest BCUT2D eigenvalue weighted by atomic mass is 10.0. The summed E-state index contributed by atoms with van der Waals surface area (Å²) < 4.78 is 1.98. The minimum atomic E-state index is -0.0178. The van der Waals surface area contributed by atoms with Crippen molar-refractivity contribution in [3.8, 4) is 11.4 Å². The van der Waals surface area contributed by atoms with Crippen LogP contribution in [0.5, 0.6) is 0 Å². The third kappa shape index (κ3) is 4.56. The van der Waals surface area contributed by atoms with Crippen LogP contribution in [0.4, 0.5) is 5.69 Å². The van der Waals surface area contributed by atoms with Gasteiger partial charge in [0.2, 0.25) is 5.91 Å². The van der Waals surface area contributed by atoms with Gasteiger partial charge >= 0.3 is 0 Å². The zero-order chi connectivity index (χ0) is 21.0.